The minimum Gasteiger partial charge on any atom is -0.396 e. The van der Waals surface area contributed by atoms with E-state index >= 15 is 0 Å². The Balaban J connectivity index is 3.67. The van der Waals surface area contributed by atoms with Gasteiger partial charge in [-0.3, -0.25) is 0 Å². The quantitative estimate of drug-likeness (QED) is 0.472. The molecule has 0 bridgehead atoms. The largest absolute Gasteiger partial charge is 0.396 e. The van der Waals surface area contributed by atoms with Crippen molar-refractivity contribution in [1.82, 2.24) is 0 Å². The van der Waals surface area contributed by atoms with Crippen LogP contribution in [-0.4, -0.2) is 35.1 Å². The van der Waals surface area contributed by atoms with E-state index in [2.05, 4.69) is 6.92 Å². The lowest BCUT2D eigenvalue weighted by atomic mass is 10.2. The highest BCUT2D eigenvalue weighted by atomic mass is 35.5. The third-order valence-electron chi connectivity index (χ3n) is 1.80. The third kappa shape index (κ3) is 6.27. The van der Waals surface area contributed by atoms with Crippen LogP contribution in [0.5, 0.6) is 0 Å². The average Bonchev–Trinajstić information content (AvgIpc) is 2.15. The molecule has 4 heteroatoms. The van der Waals surface area contributed by atoms with Crippen molar-refractivity contribution in [2.24, 2.45) is 0 Å². The minimum atomic E-state index is -0.988. The Kier molecular flexibility index (Phi) is 7.66. The van der Waals surface area contributed by atoms with E-state index in [1.807, 2.05) is 0 Å². The Morgan fingerprint density at radius 1 is 1.31 bits per heavy atom. The molecule has 0 aromatic heterocycles. The summed E-state index contributed by atoms with van der Waals surface area (Å²) < 4.78 is 5.33. The standard InChI is InChI=1S/C9H19ClO3/c1-2-3-7-13-9(10,8-12)5-4-6-11/h11-12H,2-8H2,1H3. The lowest BCUT2D eigenvalue weighted by Gasteiger charge is -2.24. The lowest BCUT2D eigenvalue weighted by Crippen LogP contribution is -2.31. The number of hydrogen-bond donors (Lipinski definition) is 2. The van der Waals surface area contributed by atoms with Gasteiger partial charge in [0.05, 0.1) is 6.61 Å². The van der Waals surface area contributed by atoms with Gasteiger partial charge in [0.2, 0.25) is 0 Å². The molecule has 0 spiro atoms. The molecule has 0 aliphatic carbocycles. The summed E-state index contributed by atoms with van der Waals surface area (Å²) >= 11 is 5.95. The van der Waals surface area contributed by atoms with Gasteiger partial charge in [-0.15, -0.1) is 0 Å². The highest BCUT2D eigenvalue weighted by Gasteiger charge is 2.26. The molecule has 0 aromatic rings. The van der Waals surface area contributed by atoms with Crippen LogP contribution in [0.1, 0.15) is 32.6 Å². The Labute approximate surface area is 84.7 Å². The van der Waals surface area contributed by atoms with E-state index in [1.54, 1.807) is 0 Å². The number of aliphatic hydroxyl groups is 2. The van der Waals surface area contributed by atoms with Crippen LogP contribution in [0.25, 0.3) is 0 Å². The van der Waals surface area contributed by atoms with Crippen molar-refractivity contribution in [2.45, 2.75) is 37.7 Å². The summed E-state index contributed by atoms with van der Waals surface area (Å²) in [6, 6.07) is 0. The van der Waals surface area contributed by atoms with E-state index in [-0.39, 0.29) is 13.2 Å². The SMILES string of the molecule is CCCCOC(Cl)(CO)CCCO. The molecular formula is C9H19ClO3. The first-order valence-corrected chi connectivity index (χ1v) is 5.11. The van der Waals surface area contributed by atoms with Crippen LogP contribution < -0.4 is 0 Å². The van der Waals surface area contributed by atoms with Gasteiger partial charge in [-0.25, -0.2) is 0 Å². The fraction of sp³-hybridized carbons (Fsp3) is 1.00. The molecule has 1 atom stereocenters. The normalized spacial score (nSPS) is 15.7. The molecule has 80 valence electrons. The maximum atomic E-state index is 8.97. The van der Waals surface area contributed by atoms with Crippen molar-refractivity contribution in [3.63, 3.8) is 0 Å². The number of rotatable bonds is 8. The summed E-state index contributed by atoms with van der Waals surface area (Å²) in [4.78, 5) is 0. The van der Waals surface area contributed by atoms with Crippen molar-refractivity contribution in [2.75, 3.05) is 19.8 Å². The third-order valence-corrected chi connectivity index (χ3v) is 2.22. The Hall–Kier alpha value is 0.170. The van der Waals surface area contributed by atoms with E-state index in [0.29, 0.717) is 19.4 Å². The molecular weight excluding hydrogens is 192 g/mol. The first kappa shape index (κ1) is 13.2. The highest BCUT2D eigenvalue weighted by Crippen LogP contribution is 2.23. The van der Waals surface area contributed by atoms with Crippen molar-refractivity contribution in [3.05, 3.63) is 0 Å². The second kappa shape index (κ2) is 7.56. The smallest absolute Gasteiger partial charge is 0.164 e. The Morgan fingerprint density at radius 3 is 2.46 bits per heavy atom. The van der Waals surface area contributed by atoms with Gasteiger partial charge in [0.25, 0.3) is 0 Å². The van der Waals surface area contributed by atoms with E-state index in [4.69, 9.17) is 26.6 Å². The fourth-order valence-electron chi connectivity index (χ4n) is 0.939. The van der Waals surface area contributed by atoms with Gasteiger partial charge in [-0.2, -0.15) is 0 Å². The summed E-state index contributed by atoms with van der Waals surface area (Å²) in [6.45, 7) is 2.49. The van der Waals surface area contributed by atoms with E-state index < -0.39 is 5.06 Å². The second-order valence-electron chi connectivity index (χ2n) is 3.07. The molecule has 0 aliphatic heterocycles. The van der Waals surface area contributed by atoms with Gasteiger partial charge < -0.3 is 14.9 Å². The molecule has 0 saturated heterocycles. The number of ether oxygens (including phenoxy) is 1. The van der Waals surface area contributed by atoms with Gasteiger partial charge in [-0.1, -0.05) is 24.9 Å². The van der Waals surface area contributed by atoms with Crippen LogP contribution in [0.2, 0.25) is 0 Å². The van der Waals surface area contributed by atoms with Crippen molar-refractivity contribution in [3.8, 4) is 0 Å². The molecule has 0 aromatic carbocycles. The molecule has 0 rings (SSSR count). The number of alkyl halides is 1. The molecule has 0 heterocycles. The predicted molar refractivity (Wildman–Crippen MR) is 52.8 cm³/mol. The minimum absolute atomic E-state index is 0.0750. The summed E-state index contributed by atoms with van der Waals surface area (Å²) in [5.41, 5.74) is 0. The molecule has 0 amide bonds. The number of unbranched alkanes of at least 4 members (excludes halogenated alkanes) is 1. The van der Waals surface area contributed by atoms with Crippen molar-refractivity contribution < 1.29 is 14.9 Å². The zero-order valence-corrected chi connectivity index (χ0v) is 8.89. The molecule has 0 fully saturated rings. The molecule has 2 N–H and O–H groups in total. The van der Waals surface area contributed by atoms with Gasteiger partial charge in [-0.05, 0) is 19.3 Å². The maximum Gasteiger partial charge on any atom is 0.164 e. The maximum absolute atomic E-state index is 8.97. The van der Waals surface area contributed by atoms with Crippen LogP contribution in [-0.2, 0) is 4.74 Å². The van der Waals surface area contributed by atoms with Crippen LogP contribution in [0.15, 0.2) is 0 Å². The monoisotopic (exact) mass is 210 g/mol. The Morgan fingerprint density at radius 2 is 2.00 bits per heavy atom. The molecule has 3 nitrogen and oxygen atoms in total. The van der Waals surface area contributed by atoms with Gasteiger partial charge >= 0.3 is 0 Å². The number of hydrogen-bond acceptors (Lipinski definition) is 3. The zero-order chi connectivity index (χ0) is 10.2. The van der Waals surface area contributed by atoms with Gasteiger partial charge in [0.1, 0.15) is 0 Å². The van der Waals surface area contributed by atoms with E-state index in [0.717, 1.165) is 12.8 Å². The zero-order valence-electron chi connectivity index (χ0n) is 8.13. The van der Waals surface area contributed by atoms with Crippen molar-refractivity contribution in [1.29, 1.82) is 0 Å². The summed E-state index contributed by atoms with van der Waals surface area (Å²) in [7, 11) is 0. The van der Waals surface area contributed by atoms with Gasteiger partial charge in [0, 0.05) is 13.2 Å². The number of halogens is 1. The van der Waals surface area contributed by atoms with E-state index in [9.17, 15) is 0 Å². The topological polar surface area (TPSA) is 49.7 Å². The van der Waals surface area contributed by atoms with Crippen molar-refractivity contribution >= 4 is 11.6 Å². The second-order valence-corrected chi connectivity index (χ2v) is 3.76. The highest BCUT2D eigenvalue weighted by molar-refractivity contribution is 6.23. The summed E-state index contributed by atoms with van der Waals surface area (Å²) in [5.74, 6) is 0. The first-order valence-electron chi connectivity index (χ1n) is 4.73. The van der Waals surface area contributed by atoms with Crippen LogP contribution >= 0.6 is 11.6 Å². The number of aliphatic hydroxyl groups excluding tert-OH is 2. The van der Waals surface area contributed by atoms with Crippen LogP contribution in [0, 0.1) is 0 Å². The van der Waals surface area contributed by atoms with Crippen LogP contribution in [0.4, 0.5) is 0 Å². The molecule has 1 unspecified atom stereocenters. The van der Waals surface area contributed by atoms with Crippen LogP contribution in [0.3, 0.4) is 0 Å². The molecule has 13 heavy (non-hydrogen) atoms. The molecule has 0 radical (unpaired) electrons. The van der Waals surface area contributed by atoms with Gasteiger partial charge in [0.15, 0.2) is 5.06 Å². The average molecular weight is 211 g/mol. The summed E-state index contributed by atoms with van der Waals surface area (Å²) in [5, 5.41) is 16.6. The first-order chi connectivity index (χ1) is 6.18. The fourth-order valence-corrected chi connectivity index (χ4v) is 1.15. The Bertz CT molecular complexity index is 121. The lowest BCUT2D eigenvalue weighted by molar-refractivity contribution is -0.0286. The molecule has 0 aliphatic rings. The molecule has 0 saturated carbocycles. The van der Waals surface area contributed by atoms with E-state index in [1.165, 1.54) is 0 Å². The predicted octanol–water partition coefficient (Wildman–Crippen LogP) is 1.50. The summed E-state index contributed by atoms with van der Waals surface area (Å²) in [6.07, 6.45) is 3.01.